The van der Waals surface area contributed by atoms with Crippen LogP contribution in [0.15, 0.2) is 46.0 Å². The van der Waals surface area contributed by atoms with Crippen LogP contribution in [0.5, 0.6) is 0 Å². The molecule has 0 aliphatic carbocycles. The number of halogens is 1. The average Bonchev–Trinajstić information content (AvgIpc) is 2.20. The number of aliphatic hydroxyl groups excluding tert-OH is 1. The standard InChI is InChI=1S/C11H11ClN2O2/c1-7(15)11(8(2)16)14-13-10-6-4-3-5-9(10)12/h3-6,15H,1-2H3/b11-7-,14-13?. The van der Waals surface area contributed by atoms with Crippen molar-refractivity contribution in [3.05, 3.63) is 40.7 Å². The Morgan fingerprint density at radius 2 is 1.94 bits per heavy atom. The molecule has 1 aromatic carbocycles. The summed E-state index contributed by atoms with van der Waals surface area (Å²) < 4.78 is 0. The van der Waals surface area contributed by atoms with Gasteiger partial charge in [0, 0.05) is 6.92 Å². The molecule has 0 heterocycles. The van der Waals surface area contributed by atoms with Gasteiger partial charge in [0.2, 0.25) is 0 Å². The van der Waals surface area contributed by atoms with Gasteiger partial charge in [0.1, 0.15) is 11.4 Å². The van der Waals surface area contributed by atoms with Crippen LogP contribution in [0.4, 0.5) is 5.69 Å². The minimum absolute atomic E-state index is 0.0695. The van der Waals surface area contributed by atoms with Gasteiger partial charge < -0.3 is 5.11 Å². The molecule has 0 aromatic heterocycles. The normalized spacial score (nSPS) is 12.7. The molecule has 1 N–H and O–H groups in total. The minimum atomic E-state index is -0.351. The molecule has 1 rings (SSSR count). The van der Waals surface area contributed by atoms with Crippen LogP contribution in [0.3, 0.4) is 0 Å². The predicted octanol–water partition coefficient (Wildman–Crippen LogP) is 3.80. The number of carbonyl (C=O) groups is 1. The van der Waals surface area contributed by atoms with Crippen LogP contribution in [0.25, 0.3) is 0 Å². The van der Waals surface area contributed by atoms with Gasteiger partial charge in [-0.1, -0.05) is 23.7 Å². The van der Waals surface area contributed by atoms with Crippen molar-refractivity contribution >= 4 is 23.1 Å². The zero-order chi connectivity index (χ0) is 12.1. The van der Waals surface area contributed by atoms with Crippen molar-refractivity contribution in [2.24, 2.45) is 10.2 Å². The Morgan fingerprint density at radius 1 is 1.31 bits per heavy atom. The summed E-state index contributed by atoms with van der Waals surface area (Å²) in [5, 5.41) is 17.1. The van der Waals surface area contributed by atoms with Crippen LogP contribution in [0.1, 0.15) is 13.8 Å². The molecule has 0 fully saturated rings. The Kier molecular flexibility index (Phi) is 4.19. The molecule has 0 saturated heterocycles. The summed E-state index contributed by atoms with van der Waals surface area (Å²) in [5.41, 5.74) is 0.379. The van der Waals surface area contributed by atoms with Crippen LogP contribution in [-0.2, 0) is 4.79 Å². The van der Waals surface area contributed by atoms with E-state index in [1.54, 1.807) is 24.3 Å². The maximum Gasteiger partial charge on any atom is 0.183 e. The quantitative estimate of drug-likeness (QED) is 0.495. The molecule has 0 amide bonds. The van der Waals surface area contributed by atoms with Gasteiger partial charge in [0.15, 0.2) is 11.5 Å². The number of hydrogen-bond donors (Lipinski definition) is 1. The van der Waals surface area contributed by atoms with E-state index in [1.165, 1.54) is 13.8 Å². The zero-order valence-corrected chi connectivity index (χ0v) is 9.69. The number of allylic oxidation sites excluding steroid dienone is 2. The lowest BCUT2D eigenvalue weighted by Gasteiger charge is -1.98. The fraction of sp³-hybridized carbons (Fsp3) is 0.182. The lowest BCUT2D eigenvalue weighted by Crippen LogP contribution is -1.96. The van der Waals surface area contributed by atoms with Gasteiger partial charge >= 0.3 is 0 Å². The second-order valence-electron chi connectivity index (χ2n) is 3.14. The fourth-order valence-electron chi connectivity index (χ4n) is 1.03. The first-order chi connectivity index (χ1) is 7.52. The average molecular weight is 239 g/mol. The highest BCUT2D eigenvalue weighted by Crippen LogP contribution is 2.24. The Balaban J connectivity index is 3.02. The van der Waals surface area contributed by atoms with Crippen molar-refractivity contribution in [1.82, 2.24) is 0 Å². The third kappa shape index (κ3) is 3.17. The van der Waals surface area contributed by atoms with Crippen molar-refractivity contribution in [1.29, 1.82) is 0 Å². The van der Waals surface area contributed by atoms with E-state index < -0.39 is 0 Å². The summed E-state index contributed by atoms with van der Waals surface area (Å²) in [7, 11) is 0. The van der Waals surface area contributed by atoms with Gasteiger partial charge in [-0.15, -0.1) is 10.2 Å². The second-order valence-corrected chi connectivity index (χ2v) is 3.55. The Bertz CT molecular complexity index is 463. The van der Waals surface area contributed by atoms with Crippen LogP contribution < -0.4 is 0 Å². The van der Waals surface area contributed by atoms with E-state index in [4.69, 9.17) is 11.6 Å². The van der Waals surface area contributed by atoms with Gasteiger partial charge in [-0.25, -0.2) is 0 Å². The smallest absolute Gasteiger partial charge is 0.183 e. The number of azo groups is 1. The summed E-state index contributed by atoms with van der Waals surface area (Å²) >= 11 is 5.85. The molecule has 4 nitrogen and oxygen atoms in total. The van der Waals surface area contributed by atoms with Crippen molar-refractivity contribution in [2.45, 2.75) is 13.8 Å². The zero-order valence-electron chi connectivity index (χ0n) is 8.94. The third-order valence-corrected chi connectivity index (χ3v) is 2.11. The van der Waals surface area contributed by atoms with Gasteiger partial charge in [-0.2, -0.15) is 0 Å². The highest BCUT2D eigenvalue weighted by Gasteiger charge is 2.06. The molecule has 0 atom stereocenters. The van der Waals surface area contributed by atoms with Crippen molar-refractivity contribution < 1.29 is 9.90 Å². The Labute approximate surface area is 98.3 Å². The highest BCUT2D eigenvalue weighted by atomic mass is 35.5. The molecule has 0 saturated carbocycles. The van der Waals surface area contributed by atoms with Crippen molar-refractivity contribution in [2.75, 3.05) is 0 Å². The lowest BCUT2D eigenvalue weighted by molar-refractivity contribution is -0.113. The number of benzene rings is 1. The van der Waals surface area contributed by atoms with Gasteiger partial charge in [0.05, 0.1) is 5.02 Å². The van der Waals surface area contributed by atoms with E-state index >= 15 is 0 Å². The number of aliphatic hydroxyl groups is 1. The fourth-order valence-corrected chi connectivity index (χ4v) is 1.21. The molecule has 16 heavy (non-hydrogen) atoms. The van der Waals surface area contributed by atoms with E-state index in [9.17, 15) is 9.90 Å². The molecule has 0 spiro atoms. The molecule has 0 bridgehead atoms. The molecule has 84 valence electrons. The maximum atomic E-state index is 11.1. The molecule has 0 aliphatic rings. The number of carbonyl (C=O) groups excluding carboxylic acids is 1. The molecule has 0 radical (unpaired) electrons. The van der Waals surface area contributed by atoms with Crippen LogP contribution in [-0.4, -0.2) is 10.9 Å². The monoisotopic (exact) mass is 238 g/mol. The van der Waals surface area contributed by atoms with Gasteiger partial charge in [-0.3, -0.25) is 4.79 Å². The van der Waals surface area contributed by atoms with Gasteiger partial charge in [-0.05, 0) is 19.1 Å². The summed E-state index contributed by atoms with van der Waals surface area (Å²) in [6.45, 7) is 2.68. The number of hydrogen-bond acceptors (Lipinski definition) is 4. The van der Waals surface area contributed by atoms with E-state index in [1.807, 2.05) is 0 Å². The van der Waals surface area contributed by atoms with E-state index in [-0.39, 0.29) is 17.2 Å². The molecule has 1 aromatic rings. The number of nitrogens with zero attached hydrogens (tertiary/aromatic N) is 2. The Morgan fingerprint density at radius 3 is 2.44 bits per heavy atom. The first-order valence-electron chi connectivity index (χ1n) is 4.59. The highest BCUT2D eigenvalue weighted by molar-refractivity contribution is 6.32. The first-order valence-corrected chi connectivity index (χ1v) is 4.97. The molecule has 0 unspecified atom stereocenters. The summed E-state index contributed by atoms with van der Waals surface area (Å²) in [6.07, 6.45) is 0. The second kappa shape index (κ2) is 5.42. The van der Waals surface area contributed by atoms with E-state index in [2.05, 4.69) is 10.2 Å². The van der Waals surface area contributed by atoms with Crippen LogP contribution in [0.2, 0.25) is 5.02 Å². The van der Waals surface area contributed by atoms with E-state index in [0.717, 1.165) is 0 Å². The third-order valence-electron chi connectivity index (χ3n) is 1.79. The summed E-state index contributed by atoms with van der Waals surface area (Å²) in [5.74, 6) is -0.515. The largest absolute Gasteiger partial charge is 0.510 e. The van der Waals surface area contributed by atoms with Crippen LogP contribution >= 0.6 is 11.6 Å². The van der Waals surface area contributed by atoms with Crippen molar-refractivity contribution in [3.63, 3.8) is 0 Å². The molecule has 0 aliphatic heterocycles. The van der Waals surface area contributed by atoms with Crippen LogP contribution in [0, 0.1) is 0 Å². The predicted molar refractivity (Wildman–Crippen MR) is 62.0 cm³/mol. The first kappa shape index (κ1) is 12.4. The summed E-state index contributed by atoms with van der Waals surface area (Å²) in [4.78, 5) is 11.1. The summed E-state index contributed by atoms with van der Waals surface area (Å²) in [6, 6.07) is 6.85. The maximum absolute atomic E-state index is 11.1. The Hall–Kier alpha value is -1.68. The molecular formula is C11H11ClN2O2. The minimum Gasteiger partial charge on any atom is -0.510 e. The topological polar surface area (TPSA) is 62.0 Å². The molecule has 5 heteroatoms. The SMILES string of the molecule is CC(=O)/C(N=Nc1ccccc1Cl)=C(\C)O. The van der Waals surface area contributed by atoms with Crippen molar-refractivity contribution in [3.8, 4) is 0 Å². The lowest BCUT2D eigenvalue weighted by atomic mass is 10.3. The number of Topliss-reactive ketones (excluding diaryl/α,β-unsaturated/α-hetero) is 1. The molecular weight excluding hydrogens is 228 g/mol. The number of rotatable bonds is 3. The van der Waals surface area contributed by atoms with Gasteiger partial charge in [0.25, 0.3) is 0 Å². The van der Waals surface area contributed by atoms with E-state index in [0.29, 0.717) is 10.7 Å². The number of ketones is 1.